The quantitative estimate of drug-likeness (QED) is 0.864. The molecule has 0 bridgehead atoms. The summed E-state index contributed by atoms with van der Waals surface area (Å²) in [6.07, 6.45) is 0. The lowest BCUT2D eigenvalue weighted by Crippen LogP contribution is -2.01. The maximum Gasteiger partial charge on any atom is 0.354 e. The number of rotatable bonds is 2. The molecule has 2 rings (SSSR count). The van der Waals surface area contributed by atoms with Gasteiger partial charge in [0, 0.05) is 5.56 Å². The molecule has 1 N–H and O–H groups in total. The molecular formula is C13H10FNO2. The van der Waals surface area contributed by atoms with Crippen LogP contribution in [0.25, 0.3) is 11.3 Å². The Kier molecular flexibility index (Phi) is 2.87. The minimum Gasteiger partial charge on any atom is -0.477 e. The van der Waals surface area contributed by atoms with E-state index in [1.165, 1.54) is 12.1 Å². The molecule has 0 radical (unpaired) electrons. The molecule has 0 atom stereocenters. The van der Waals surface area contributed by atoms with E-state index in [2.05, 4.69) is 4.98 Å². The van der Waals surface area contributed by atoms with Crippen LogP contribution >= 0.6 is 0 Å². The number of benzene rings is 1. The second-order valence-corrected chi connectivity index (χ2v) is 3.70. The molecule has 0 fully saturated rings. The molecule has 86 valence electrons. The van der Waals surface area contributed by atoms with Gasteiger partial charge in [0.05, 0.1) is 5.69 Å². The number of hydrogen-bond acceptors (Lipinski definition) is 2. The van der Waals surface area contributed by atoms with Gasteiger partial charge in [-0.3, -0.25) is 0 Å². The number of aromatic carboxylic acids is 1. The van der Waals surface area contributed by atoms with E-state index in [0.717, 1.165) is 5.56 Å². The Balaban J connectivity index is 2.53. The van der Waals surface area contributed by atoms with Crippen LogP contribution in [-0.4, -0.2) is 16.1 Å². The largest absolute Gasteiger partial charge is 0.477 e. The second-order valence-electron chi connectivity index (χ2n) is 3.70. The third-order valence-electron chi connectivity index (χ3n) is 2.37. The molecule has 0 saturated heterocycles. The highest BCUT2D eigenvalue weighted by Gasteiger charge is 2.09. The molecule has 4 heteroatoms. The first-order valence-electron chi connectivity index (χ1n) is 5.05. The highest BCUT2D eigenvalue weighted by Crippen LogP contribution is 2.21. The molecule has 0 aliphatic rings. The lowest BCUT2D eigenvalue weighted by Gasteiger charge is -2.04. The zero-order chi connectivity index (χ0) is 12.4. The molecule has 0 aliphatic heterocycles. The fourth-order valence-corrected chi connectivity index (χ4v) is 1.53. The number of halogens is 1. The summed E-state index contributed by atoms with van der Waals surface area (Å²) in [6, 6.07) is 9.25. The predicted molar refractivity (Wildman–Crippen MR) is 61.3 cm³/mol. The summed E-state index contributed by atoms with van der Waals surface area (Å²) < 4.78 is 13.7. The number of carboxylic acids is 1. The average Bonchev–Trinajstić information content (AvgIpc) is 2.29. The molecule has 17 heavy (non-hydrogen) atoms. The van der Waals surface area contributed by atoms with E-state index >= 15 is 0 Å². The highest BCUT2D eigenvalue weighted by molar-refractivity contribution is 5.86. The van der Waals surface area contributed by atoms with E-state index in [0.29, 0.717) is 11.3 Å². The summed E-state index contributed by atoms with van der Waals surface area (Å²) in [6.45, 7) is 1.79. The first-order chi connectivity index (χ1) is 8.08. The fourth-order valence-electron chi connectivity index (χ4n) is 1.53. The number of carboxylic acid groups (broad SMARTS) is 1. The van der Waals surface area contributed by atoms with E-state index in [1.54, 1.807) is 31.2 Å². The van der Waals surface area contributed by atoms with Gasteiger partial charge in [0.2, 0.25) is 0 Å². The van der Waals surface area contributed by atoms with Crippen LogP contribution in [0.4, 0.5) is 4.39 Å². The summed E-state index contributed by atoms with van der Waals surface area (Å²) in [5, 5.41) is 8.81. The topological polar surface area (TPSA) is 50.2 Å². The van der Waals surface area contributed by atoms with E-state index in [4.69, 9.17) is 5.11 Å². The van der Waals surface area contributed by atoms with Crippen LogP contribution in [0.2, 0.25) is 0 Å². The van der Waals surface area contributed by atoms with Gasteiger partial charge in [-0.25, -0.2) is 14.2 Å². The van der Waals surface area contributed by atoms with Crippen molar-refractivity contribution in [2.24, 2.45) is 0 Å². The maximum absolute atomic E-state index is 13.7. The molecule has 1 heterocycles. The summed E-state index contributed by atoms with van der Waals surface area (Å²) in [4.78, 5) is 14.7. The van der Waals surface area contributed by atoms with Gasteiger partial charge in [0.25, 0.3) is 0 Å². The summed E-state index contributed by atoms with van der Waals surface area (Å²) in [5.74, 6) is -1.53. The first-order valence-corrected chi connectivity index (χ1v) is 5.05. The summed E-state index contributed by atoms with van der Waals surface area (Å²) in [7, 11) is 0. The zero-order valence-corrected chi connectivity index (χ0v) is 9.14. The number of aromatic nitrogens is 1. The van der Waals surface area contributed by atoms with Crippen LogP contribution in [0.1, 0.15) is 16.1 Å². The minimum atomic E-state index is -1.13. The van der Waals surface area contributed by atoms with Crippen molar-refractivity contribution in [3.63, 3.8) is 0 Å². The van der Waals surface area contributed by atoms with E-state index < -0.39 is 11.8 Å². The van der Waals surface area contributed by atoms with Gasteiger partial charge in [-0.05, 0) is 36.8 Å². The van der Waals surface area contributed by atoms with Gasteiger partial charge in [0.15, 0.2) is 0 Å². The Bertz CT molecular complexity index is 581. The Morgan fingerprint density at radius 2 is 2.06 bits per heavy atom. The maximum atomic E-state index is 13.7. The van der Waals surface area contributed by atoms with Crippen LogP contribution in [0.5, 0.6) is 0 Å². The first kappa shape index (κ1) is 11.3. The standard InChI is InChI=1S/C13H10FNO2/c1-8-5-6-9(10(14)7-8)11-3-2-4-12(15-11)13(16)17/h2-7H,1H3,(H,16,17). The molecule has 1 aromatic carbocycles. The van der Waals surface area contributed by atoms with Crippen molar-refractivity contribution >= 4 is 5.97 Å². The predicted octanol–water partition coefficient (Wildman–Crippen LogP) is 2.89. The van der Waals surface area contributed by atoms with Crippen LogP contribution in [0, 0.1) is 12.7 Å². The van der Waals surface area contributed by atoms with E-state index in [9.17, 15) is 9.18 Å². The molecule has 0 saturated carbocycles. The molecule has 0 amide bonds. The molecule has 2 aromatic rings. The third-order valence-corrected chi connectivity index (χ3v) is 2.37. The van der Waals surface area contributed by atoms with Crippen molar-refractivity contribution in [1.29, 1.82) is 0 Å². The number of pyridine rings is 1. The highest BCUT2D eigenvalue weighted by atomic mass is 19.1. The average molecular weight is 231 g/mol. The Labute approximate surface area is 97.6 Å². The Morgan fingerprint density at radius 3 is 2.71 bits per heavy atom. The minimum absolute atomic E-state index is 0.0949. The van der Waals surface area contributed by atoms with Crippen LogP contribution < -0.4 is 0 Å². The van der Waals surface area contributed by atoms with Crippen LogP contribution in [0.15, 0.2) is 36.4 Å². The van der Waals surface area contributed by atoms with Crippen LogP contribution in [-0.2, 0) is 0 Å². The van der Waals surface area contributed by atoms with Crippen molar-refractivity contribution in [2.75, 3.05) is 0 Å². The molecule has 0 spiro atoms. The third kappa shape index (κ3) is 2.30. The van der Waals surface area contributed by atoms with E-state index in [-0.39, 0.29) is 5.69 Å². The second kappa shape index (κ2) is 4.33. The number of nitrogens with zero attached hydrogens (tertiary/aromatic N) is 1. The van der Waals surface area contributed by atoms with Gasteiger partial charge in [-0.1, -0.05) is 12.1 Å². The van der Waals surface area contributed by atoms with Gasteiger partial charge >= 0.3 is 5.97 Å². The molecule has 3 nitrogen and oxygen atoms in total. The van der Waals surface area contributed by atoms with Gasteiger partial charge in [0.1, 0.15) is 11.5 Å². The number of aryl methyl sites for hydroxylation is 1. The number of carbonyl (C=O) groups is 1. The lowest BCUT2D eigenvalue weighted by atomic mass is 10.1. The normalized spacial score (nSPS) is 10.2. The lowest BCUT2D eigenvalue weighted by molar-refractivity contribution is 0.0690. The SMILES string of the molecule is Cc1ccc(-c2cccc(C(=O)O)n2)c(F)c1. The van der Waals surface area contributed by atoms with Gasteiger partial charge in [-0.15, -0.1) is 0 Å². The molecule has 1 aromatic heterocycles. The molecule has 0 unspecified atom stereocenters. The van der Waals surface area contributed by atoms with Crippen molar-refractivity contribution in [3.05, 3.63) is 53.5 Å². The summed E-state index contributed by atoms with van der Waals surface area (Å²) >= 11 is 0. The zero-order valence-electron chi connectivity index (χ0n) is 9.14. The van der Waals surface area contributed by atoms with Crippen molar-refractivity contribution in [3.8, 4) is 11.3 Å². The fraction of sp³-hybridized carbons (Fsp3) is 0.0769. The monoisotopic (exact) mass is 231 g/mol. The van der Waals surface area contributed by atoms with Crippen molar-refractivity contribution in [2.45, 2.75) is 6.92 Å². The molecular weight excluding hydrogens is 221 g/mol. The Morgan fingerprint density at radius 1 is 1.29 bits per heavy atom. The van der Waals surface area contributed by atoms with Crippen molar-refractivity contribution in [1.82, 2.24) is 4.98 Å². The van der Waals surface area contributed by atoms with E-state index in [1.807, 2.05) is 0 Å². The summed E-state index contributed by atoms with van der Waals surface area (Å²) in [5.41, 5.74) is 1.34. The smallest absolute Gasteiger partial charge is 0.354 e. The van der Waals surface area contributed by atoms with Crippen LogP contribution in [0.3, 0.4) is 0 Å². The van der Waals surface area contributed by atoms with Gasteiger partial charge < -0.3 is 5.11 Å². The van der Waals surface area contributed by atoms with Gasteiger partial charge in [-0.2, -0.15) is 0 Å². The van der Waals surface area contributed by atoms with Crippen molar-refractivity contribution < 1.29 is 14.3 Å². The molecule has 0 aliphatic carbocycles. The Hall–Kier alpha value is -2.23. The number of hydrogen-bond donors (Lipinski definition) is 1.